The summed E-state index contributed by atoms with van der Waals surface area (Å²) < 4.78 is 43.0. The first-order chi connectivity index (χ1) is 9.56. The van der Waals surface area contributed by atoms with E-state index in [-0.39, 0.29) is 23.0 Å². The Morgan fingerprint density at radius 3 is 2.70 bits per heavy atom. The van der Waals surface area contributed by atoms with E-state index in [1.165, 1.54) is 6.07 Å². The highest BCUT2D eigenvalue weighted by atomic mass is 35.5. The molecule has 108 valence electrons. The van der Waals surface area contributed by atoms with E-state index in [1.807, 2.05) is 0 Å². The molecule has 0 unspecified atom stereocenters. The van der Waals surface area contributed by atoms with Gasteiger partial charge in [0.1, 0.15) is 11.5 Å². The van der Waals surface area contributed by atoms with E-state index < -0.39 is 11.6 Å². The highest BCUT2D eigenvalue weighted by Gasteiger charge is 2.09. The van der Waals surface area contributed by atoms with Gasteiger partial charge in [0.25, 0.3) is 5.76 Å². The van der Waals surface area contributed by atoms with Crippen molar-refractivity contribution in [1.29, 1.82) is 0 Å². The molecule has 0 saturated heterocycles. The Hall–Kier alpha value is -1.27. The quantitative estimate of drug-likeness (QED) is 0.797. The van der Waals surface area contributed by atoms with E-state index in [4.69, 9.17) is 16.0 Å². The van der Waals surface area contributed by atoms with Crippen LogP contribution in [0.15, 0.2) is 34.7 Å². The Morgan fingerprint density at radius 2 is 1.95 bits per heavy atom. The third-order valence-corrected chi connectivity index (χ3v) is 3.47. The SMILES string of the molecule is Fc1c(Cl)cccc1NCc1ccc(CSC(F)F)o1. The molecule has 2 rings (SSSR count). The average Bonchev–Trinajstić information content (AvgIpc) is 2.86. The molecule has 1 aromatic carbocycles. The van der Waals surface area contributed by atoms with Crippen LogP contribution in [0.5, 0.6) is 0 Å². The second kappa shape index (κ2) is 6.95. The average molecular weight is 322 g/mol. The zero-order chi connectivity index (χ0) is 14.5. The number of thioether (sulfide) groups is 1. The molecule has 0 radical (unpaired) electrons. The fraction of sp³-hybridized carbons (Fsp3) is 0.231. The fourth-order valence-corrected chi connectivity index (χ4v) is 2.18. The van der Waals surface area contributed by atoms with Crippen molar-refractivity contribution in [2.45, 2.75) is 18.1 Å². The Bertz CT molecular complexity index is 576. The maximum atomic E-state index is 13.6. The van der Waals surface area contributed by atoms with Crippen LogP contribution in [0.1, 0.15) is 11.5 Å². The van der Waals surface area contributed by atoms with Crippen LogP contribution in [0.4, 0.5) is 18.9 Å². The van der Waals surface area contributed by atoms with Crippen LogP contribution in [-0.4, -0.2) is 5.76 Å². The van der Waals surface area contributed by atoms with Gasteiger partial charge in [-0.05, 0) is 24.3 Å². The monoisotopic (exact) mass is 321 g/mol. The van der Waals surface area contributed by atoms with E-state index >= 15 is 0 Å². The molecule has 0 aliphatic heterocycles. The molecule has 0 bridgehead atoms. The molecule has 0 amide bonds. The van der Waals surface area contributed by atoms with Gasteiger partial charge in [-0.2, -0.15) is 8.78 Å². The summed E-state index contributed by atoms with van der Waals surface area (Å²) in [6.45, 7) is 0.247. The van der Waals surface area contributed by atoms with Crippen LogP contribution < -0.4 is 5.32 Å². The van der Waals surface area contributed by atoms with Crippen LogP contribution in [0.3, 0.4) is 0 Å². The molecular weight excluding hydrogens is 311 g/mol. The van der Waals surface area contributed by atoms with E-state index in [0.29, 0.717) is 23.3 Å². The number of halogens is 4. The first-order valence-electron chi connectivity index (χ1n) is 5.71. The zero-order valence-corrected chi connectivity index (χ0v) is 11.8. The van der Waals surface area contributed by atoms with Gasteiger partial charge in [0.2, 0.25) is 0 Å². The molecule has 0 aliphatic rings. The van der Waals surface area contributed by atoms with Crippen LogP contribution in [0.25, 0.3) is 0 Å². The number of benzene rings is 1. The molecule has 1 aromatic heterocycles. The van der Waals surface area contributed by atoms with Crippen LogP contribution in [0.2, 0.25) is 5.02 Å². The molecule has 0 spiro atoms. The number of hydrogen-bond acceptors (Lipinski definition) is 3. The lowest BCUT2D eigenvalue weighted by molar-refractivity contribution is 0.251. The number of furan rings is 1. The van der Waals surface area contributed by atoms with Gasteiger partial charge < -0.3 is 9.73 Å². The van der Waals surface area contributed by atoms with Gasteiger partial charge in [0.15, 0.2) is 5.82 Å². The van der Waals surface area contributed by atoms with E-state index in [2.05, 4.69) is 5.32 Å². The van der Waals surface area contributed by atoms with Gasteiger partial charge in [-0.1, -0.05) is 29.4 Å². The molecule has 2 nitrogen and oxygen atoms in total. The topological polar surface area (TPSA) is 25.2 Å². The molecule has 7 heteroatoms. The summed E-state index contributed by atoms with van der Waals surface area (Å²) in [5.41, 5.74) is 0.261. The standard InChI is InChI=1S/C13H11ClF3NOS/c14-10-2-1-3-11(12(10)15)18-6-8-4-5-9(19-8)7-20-13(16)17/h1-5,13,18H,6-7H2. The van der Waals surface area contributed by atoms with Crippen LogP contribution in [0, 0.1) is 5.82 Å². The van der Waals surface area contributed by atoms with Gasteiger partial charge in [0.05, 0.1) is 23.0 Å². The molecule has 0 atom stereocenters. The van der Waals surface area contributed by atoms with E-state index in [0.717, 1.165) is 0 Å². The van der Waals surface area contributed by atoms with Gasteiger partial charge in [-0.3, -0.25) is 0 Å². The Labute approximate surface area is 123 Å². The number of hydrogen-bond donors (Lipinski definition) is 1. The molecule has 0 aliphatic carbocycles. The fourth-order valence-electron chi connectivity index (χ4n) is 1.56. The molecule has 0 saturated carbocycles. The highest BCUT2D eigenvalue weighted by Crippen LogP contribution is 2.24. The van der Waals surface area contributed by atoms with Crippen LogP contribution in [-0.2, 0) is 12.3 Å². The summed E-state index contributed by atoms with van der Waals surface area (Å²) in [6, 6.07) is 7.92. The van der Waals surface area contributed by atoms with Crippen molar-refractivity contribution in [2.75, 3.05) is 5.32 Å². The summed E-state index contributed by atoms with van der Waals surface area (Å²) in [7, 11) is 0. The smallest absolute Gasteiger partial charge is 0.284 e. The van der Waals surface area contributed by atoms with Crippen LogP contribution >= 0.6 is 23.4 Å². The predicted molar refractivity (Wildman–Crippen MR) is 74.7 cm³/mol. The Morgan fingerprint density at radius 1 is 1.20 bits per heavy atom. The first kappa shape index (κ1) is 15.1. The minimum absolute atomic E-state index is 0.0310. The van der Waals surface area contributed by atoms with E-state index in [9.17, 15) is 13.2 Å². The largest absolute Gasteiger partial charge is 0.463 e. The summed E-state index contributed by atoms with van der Waals surface area (Å²) in [4.78, 5) is 0. The Kier molecular flexibility index (Phi) is 5.25. The predicted octanol–water partition coefficient (Wildman–Crippen LogP) is 5.14. The molecular formula is C13H11ClF3NOS. The lowest BCUT2D eigenvalue weighted by atomic mass is 10.3. The number of anilines is 1. The molecule has 1 N–H and O–H groups in total. The summed E-state index contributed by atoms with van der Waals surface area (Å²) in [5, 5.41) is 2.87. The second-order valence-electron chi connectivity index (χ2n) is 3.89. The normalized spacial score (nSPS) is 11.1. The van der Waals surface area contributed by atoms with Crippen molar-refractivity contribution in [3.8, 4) is 0 Å². The van der Waals surface area contributed by atoms with Crippen molar-refractivity contribution in [2.24, 2.45) is 0 Å². The molecule has 2 aromatic rings. The van der Waals surface area contributed by atoms with Crippen molar-refractivity contribution in [3.63, 3.8) is 0 Å². The Balaban J connectivity index is 1.92. The number of nitrogens with one attached hydrogen (secondary N) is 1. The van der Waals surface area contributed by atoms with Gasteiger partial charge in [0, 0.05) is 0 Å². The first-order valence-corrected chi connectivity index (χ1v) is 7.14. The van der Waals surface area contributed by atoms with Crippen molar-refractivity contribution in [1.82, 2.24) is 0 Å². The third-order valence-electron chi connectivity index (χ3n) is 2.47. The minimum Gasteiger partial charge on any atom is -0.463 e. The lowest BCUT2D eigenvalue weighted by Crippen LogP contribution is -2.00. The van der Waals surface area contributed by atoms with Gasteiger partial charge in [-0.15, -0.1) is 0 Å². The van der Waals surface area contributed by atoms with Gasteiger partial charge >= 0.3 is 0 Å². The summed E-state index contributed by atoms with van der Waals surface area (Å²) in [6.07, 6.45) is 0. The van der Waals surface area contributed by atoms with Crippen molar-refractivity contribution in [3.05, 3.63) is 52.7 Å². The number of rotatable bonds is 6. The molecule has 20 heavy (non-hydrogen) atoms. The lowest BCUT2D eigenvalue weighted by Gasteiger charge is -2.06. The zero-order valence-electron chi connectivity index (χ0n) is 10.2. The summed E-state index contributed by atoms with van der Waals surface area (Å²) >= 11 is 6.15. The molecule has 0 fully saturated rings. The van der Waals surface area contributed by atoms with E-state index in [1.54, 1.807) is 24.3 Å². The highest BCUT2D eigenvalue weighted by molar-refractivity contribution is 7.98. The maximum absolute atomic E-state index is 13.6. The maximum Gasteiger partial charge on any atom is 0.284 e. The van der Waals surface area contributed by atoms with Gasteiger partial charge in [-0.25, -0.2) is 4.39 Å². The van der Waals surface area contributed by atoms with Crippen molar-refractivity contribution < 1.29 is 17.6 Å². The minimum atomic E-state index is -2.43. The third kappa shape index (κ3) is 4.11. The summed E-state index contributed by atoms with van der Waals surface area (Å²) in [5.74, 6) is -1.87. The van der Waals surface area contributed by atoms with Crippen molar-refractivity contribution >= 4 is 29.1 Å². The molecule has 1 heterocycles. The second-order valence-corrected chi connectivity index (χ2v) is 5.28. The number of alkyl halides is 2.